The minimum atomic E-state index is -0.191. The lowest BCUT2D eigenvalue weighted by Gasteiger charge is -2.39. The molecule has 0 amide bonds. The monoisotopic (exact) mass is 266 g/mol. The van der Waals surface area contributed by atoms with Crippen LogP contribution in [0.1, 0.15) is 57.1 Å². The van der Waals surface area contributed by atoms with Crippen LogP contribution in [0.15, 0.2) is 12.4 Å². The molecule has 1 aromatic heterocycles. The van der Waals surface area contributed by atoms with Crippen molar-refractivity contribution >= 4 is 0 Å². The van der Waals surface area contributed by atoms with Gasteiger partial charge in [0, 0.05) is 25.4 Å². The first-order chi connectivity index (χ1) is 9.22. The van der Waals surface area contributed by atoms with Crippen LogP contribution < -0.4 is 11.3 Å². The lowest BCUT2D eigenvalue weighted by molar-refractivity contribution is -0.0783. The van der Waals surface area contributed by atoms with Crippen LogP contribution in [0, 0.1) is 0 Å². The molecule has 2 rings (SSSR count). The normalized spacial score (nSPS) is 21.0. The maximum atomic E-state index is 6.19. The topological polar surface area (TPSA) is 65.1 Å². The van der Waals surface area contributed by atoms with E-state index in [0.29, 0.717) is 0 Å². The predicted octanol–water partition coefficient (Wildman–Crippen LogP) is 2.05. The summed E-state index contributed by atoms with van der Waals surface area (Å²) in [7, 11) is 1.93. The number of hydrazine groups is 1. The first kappa shape index (κ1) is 14.5. The van der Waals surface area contributed by atoms with Crippen molar-refractivity contribution in [3.63, 3.8) is 0 Å². The quantitative estimate of drug-likeness (QED) is 0.486. The summed E-state index contributed by atoms with van der Waals surface area (Å²) in [5.41, 5.74) is 3.90. The lowest BCUT2D eigenvalue weighted by Crippen LogP contribution is -2.48. The van der Waals surface area contributed by atoms with Crippen molar-refractivity contribution in [1.82, 2.24) is 15.2 Å². The van der Waals surface area contributed by atoms with Gasteiger partial charge in [-0.25, -0.2) is 5.43 Å². The van der Waals surface area contributed by atoms with Gasteiger partial charge in [0.1, 0.15) is 0 Å². The third-order valence-corrected chi connectivity index (χ3v) is 4.13. The molecule has 0 bridgehead atoms. The number of nitrogens with one attached hydrogen (secondary N) is 1. The second-order valence-electron chi connectivity index (χ2n) is 5.46. The summed E-state index contributed by atoms with van der Waals surface area (Å²) < 4.78 is 8.00. The third kappa shape index (κ3) is 3.16. The van der Waals surface area contributed by atoms with Gasteiger partial charge in [0.05, 0.1) is 17.8 Å². The number of ether oxygens (including phenoxy) is 1. The second kappa shape index (κ2) is 6.50. The molecule has 0 spiro atoms. The van der Waals surface area contributed by atoms with Gasteiger partial charge in [-0.05, 0) is 19.8 Å². The molecule has 1 aliphatic rings. The highest BCUT2D eigenvalue weighted by Crippen LogP contribution is 2.40. The molecule has 0 aromatic carbocycles. The van der Waals surface area contributed by atoms with Crippen molar-refractivity contribution in [2.45, 2.75) is 57.1 Å². The van der Waals surface area contributed by atoms with E-state index < -0.39 is 0 Å². The summed E-state index contributed by atoms with van der Waals surface area (Å²) in [6.07, 6.45) is 11.0. The van der Waals surface area contributed by atoms with E-state index >= 15 is 0 Å². The molecule has 1 saturated carbocycles. The van der Waals surface area contributed by atoms with Crippen LogP contribution in [0.25, 0.3) is 0 Å². The Labute approximate surface area is 115 Å². The summed E-state index contributed by atoms with van der Waals surface area (Å²) in [6.45, 7) is 2.78. The molecule has 19 heavy (non-hydrogen) atoms. The Hall–Kier alpha value is -0.910. The van der Waals surface area contributed by atoms with Crippen molar-refractivity contribution in [1.29, 1.82) is 0 Å². The summed E-state index contributed by atoms with van der Waals surface area (Å²) in [5.74, 6) is 5.84. The van der Waals surface area contributed by atoms with E-state index in [1.165, 1.54) is 25.7 Å². The molecule has 0 aliphatic heterocycles. The Balaban J connectivity index is 2.28. The van der Waals surface area contributed by atoms with Gasteiger partial charge in [0.15, 0.2) is 0 Å². The van der Waals surface area contributed by atoms with E-state index in [1.54, 1.807) is 0 Å². The Bertz CT molecular complexity index is 383. The first-order valence-electron chi connectivity index (χ1n) is 7.30. The molecule has 1 fully saturated rings. The number of aryl methyl sites for hydroxylation is 1. The first-order valence-corrected chi connectivity index (χ1v) is 7.30. The molecular weight excluding hydrogens is 240 g/mol. The van der Waals surface area contributed by atoms with Gasteiger partial charge in [-0.1, -0.05) is 25.7 Å². The molecule has 1 aliphatic carbocycles. The average molecular weight is 266 g/mol. The highest BCUT2D eigenvalue weighted by molar-refractivity contribution is 5.16. The van der Waals surface area contributed by atoms with Crippen LogP contribution in [-0.4, -0.2) is 22.0 Å². The van der Waals surface area contributed by atoms with Gasteiger partial charge in [-0.15, -0.1) is 0 Å². The Morgan fingerprint density at radius 1 is 1.42 bits per heavy atom. The maximum absolute atomic E-state index is 6.19. The summed E-state index contributed by atoms with van der Waals surface area (Å²) >= 11 is 0. The Morgan fingerprint density at radius 3 is 2.58 bits per heavy atom. The van der Waals surface area contributed by atoms with Crippen molar-refractivity contribution in [2.24, 2.45) is 12.9 Å². The molecule has 1 heterocycles. The van der Waals surface area contributed by atoms with Crippen LogP contribution in [0.2, 0.25) is 0 Å². The van der Waals surface area contributed by atoms with Crippen molar-refractivity contribution in [2.75, 3.05) is 6.61 Å². The van der Waals surface area contributed by atoms with Crippen LogP contribution in [-0.2, 0) is 11.8 Å². The van der Waals surface area contributed by atoms with Crippen LogP contribution in [0.4, 0.5) is 0 Å². The number of rotatable bonds is 5. The maximum Gasteiger partial charge on any atom is 0.0890 e. The Kier molecular flexibility index (Phi) is 4.96. The molecule has 0 saturated heterocycles. The highest BCUT2D eigenvalue weighted by atomic mass is 16.5. The van der Waals surface area contributed by atoms with E-state index in [2.05, 4.69) is 17.4 Å². The number of hydrogen-bond acceptors (Lipinski definition) is 4. The molecule has 3 N–H and O–H groups in total. The fourth-order valence-electron chi connectivity index (χ4n) is 3.27. The van der Waals surface area contributed by atoms with E-state index in [1.807, 2.05) is 24.1 Å². The van der Waals surface area contributed by atoms with Crippen molar-refractivity contribution in [3.8, 4) is 0 Å². The van der Waals surface area contributed by atoms with Crippen LogP contribution in [0.5, 0.6) is 0 Å². The lowest BCUT2D eigenvalue weighted by atomic mass is 9.83. The van der Waals surface area contributed by atoms with Gasteiger partial charge >= 0.3 is 0 Å². The largest absolute Gasteiger partial charge is 0.373 e. The molecular formula is C14H26N4O. The fourth-order valence-corrected chi connectivity index (χ4v) is 3.27. The average Bonchev–Trinajstić information content (AvgIpc) is 2.67. The molecule has 1 aromatic rings. The molecule has 108 valence electrons. The number of aromatic nitrogens is 2. The van der Waals surface area contributed by atoms with E-state index in [-0.39, 0.29) is 11.6 Å². The number of nitrogens with two attached hydrogens (primary N) is 1. The van der Waals surface area contributed by atoms with Gasteiger partial charge < -0.3 is 4.74 Å². The SMILES string of the molecule is CCOC1(C(NN)c2cnn(C)c2)CCCCCC1. The van der Waals surface area contributed by atoms with Crippen molar-refractivity contribution in [3.05, 3.63) is 18.0 Å². The molecule has 5 nitrogen and oxygen atoms in total. The summed E-state index contributed by atoms with van der Waals surface area (Å²) in [6, 6.07) is 0.0132. The molecule has 0 radical (unpaired) electrons. The fraction of sp³-hybridized carbons (Fsp3) is 0.786. The molecule has 1 atom stereocenters. The van der Waals surface area contributed by atoms with Gasteiger partial charge in [-0.2, -0.15) is 5.10 Å². The van der Waals surface area contributed by atoms with Gasteiger partial charge in [0.2, 0.25) is 0 Å². The summed E-state index contributed by atoms with van der Waals surface area (Å²) in [4.78, 5) is 0. The third-order valence-electron chi connectivity index (χ3n) is 4.13. The van der Waals surface area contributed by atoms with E-state index in [0.717, 1.165) is 25.0 Å². The Morgan fingerprint density at radius 2 is 2.11 bits per heavy atom. The summed E-state index contributed by atoms with van der Waals surface area (Å²) in [5, 5.41) is 4.26. The van der Waals surface area contributed by atoms with Gasteiger partial charge in [-0.3, -0.25) is 10.5 Å². The number of nitrogens with zero attached hydrogens (tertiary/aromatic N) is 2. The second-order valence-corrected chi connectivity index (χ2v) is 5.46. The van der Waals surface area contributed by atoms with Crippen LogP contribution >= 0.6 is 0 Å². The van der Waals surface area contributed by atoms with E-state index in [4.69, 9.17) is 10.6 Å². The predicted molar refractivity (Wildman–Crippen MR) is 75.3 cm³/mol. The smallest absolute Gasteiger partial charge is 0.0890 e. The zero-order chi connectivity index (χ0) is 13.7. The zero-order valence-electron chi connectivity index (χ0n) is 12.1. The zero-order valence-corrected chi connectivity index (χ0v) is 12.1. The molecule has 5 heteroatoms. The number of hydrogen-bond donors (Lipinski definition) is 2. The highest BCUT2D eigenvalue weighted by Gasteiger charge is 2.40. The van der Waals surface area contributed by atoms with Crippen LogP contribution in [0.3, 0.4) is 0 Å². The minimum absolute atomic E-state index is 0.0132. The van der Waals surface area contributed by atoms with E-state index in [9.17, 15) is 0 Å². The van der Waals surface area contributed by atoms with Crippen molar-refractivity contribution < 1.29 is 4.74 Å². The minimum Gasteiger partial charge on any atom is -0.373 e. The standard InChI is InChI=1S/C14H26N4O/c1-3-19-14(8-6-4-5-7-9-14)13(17-15)12-10-16-18(2)11-12/h10-11,13,17H,3-9,15H2,1-2H3. The molecule has 1 unspecified atom stereocenters. The van der Waals surface area contributed by atoms with Gasteiger partial charge in [0.25, 0.3) is 0 Å².